The first-order chi connectivity index (χ1) is 14.0. The van der Waals surface area contributed by atoms with E-state index in [4.69, 9.17) is 10.7 Å². The van der Waals surface area contributed by atoms with Crippen LogP contribution < -0.4 is 11.3 Å². The van der Waals surface area contributed by atoms with Gasteiger partial charge in [-0.3, -0.25) is 9.59 Å². The average Bonchev–Trinajstić information content (AvgIpc) is 3.09. The molecule has 7 heteroatoms. The van der Waals surface area contributed by atoms with Crippen LogP contribution in [0.1, 0.15) is 24.0 Å². The van der Waals surface area contributed by atoms with E-state index in [1.54, 1.807) is 11.6 Å². The van der Waals surface area contributed by atoms with E-state index in [-0.39, 0.29) is 5.56 Å². The van der Waals surface area contributed by atoms with Crippen LogP contribution in [0.5, 0.6) is 0 Å². The molecule has 7 nitrogen and oxygen atoms in total. The first-order valence-electron chi connectivity index (χ1n) is 10.1. The fourth-order valence-electron chi connectivity index (χ4n) is 4.30. The summed E-state index contributed by atoms with van der Waals surface area (Å²) in [5.74, 6) is 1.20. The van der Waals surface area contributed by atoms with Crippen molar-refractivity contribution >= 4 is 17.4 Å². The predicted molar refractivity (Wildman–Crippen MR) is 113 cm³/mol. The molecular formula is C22H27N5O2. The Morgan fingerprint density at radius 2 is 2.14 bits per heavy atom. The number of nitrogens with two attached hydrogens (primary N) is 1. The van der Waals surface area contributed by atoms with Gasteiger partial charge in [-0.2, -0.15) is 0 Å². The van der Waals surface area contributed by atoms with Crippen LogP contribution in [0.4, 0.5) is 0 Å². The smallest absolute Gasteiger partial charge is 0.253 e. The van der Waals surface area contributed by atoms with Crippen LogP contribution in [0.25, 0.3) is 22.4 Å². The summed E-state index contributed by atoms with van der Waals surface area (Å²) in [6.45, 7) is 4.65. The molecule has 4 rings (SSSR count). The highest BCUT2D eigenvalue weighted by Gasteiger charge is 2.22. The second-order valence-electron chi connectivity index (χ2n) is 8.01. The van der Waals surface area contributed by atoms with Gasteiger partial charge in [0.25, 0.3) is 5.56 Å². The standard InChI is InChI=1S/C22H27N5O2/c1-15-8-18(13-25(2)22(15)29)21-24-19-6-5-16(10-23)9-20(19)27(21)12-17-4-3-7-26(11-17)14-28/h5-6,8-9,13-14,17H,3-4,7,10-12,23H2,1-2H3/t17-/m0/s1. The molecule has 1 saturated heterocycles. The van der Waals surface area contributed by atoms with Gasteiger partial charge in [0.1, 0.15) is 5.82 Å². The van der Waals surface area contributed by atoms with Crippen LogP contribution in [0.15, 0.2) is 35.3 Å². The molecule has 1 aromatic carbocycles. The number of amides is 1. The van der Waals surface area contributed by atoms with Gasteiger partial charge in [0, 0.05) is 50.6 Å². The van der Waals surface area contributed by atoms with Crippen LogP contribution in [0.2, 0.25) is 0 Å². The zero-order chi connectivity index (χ0) is 20.5. The van der Waals surface area contributed by atoms with Crippen LogP contribution in [-0.2, 0) is 24.9 Å². The van der Waals surface area contributed by atoms with E-state index in [9.17, 15) is 9.59 Å². The Kier molecular flexibility index (Phi) is 5.24. The van der Waals surface area contributed by atoms with Crippen molar-refractivity contribution < 1.29 is 4.79 Å². The summed E-state index contributed by atoms with van der Waals surface area (Å²) < 4.78 is 3.83. The molecule has 152 valence electrons. The number of aromatic nitrogens is 3. The Balaban J connectivity index is 1.84. The third-order valence-electron chi connectivity index (χ3n) is 5.81. The molecule has 2 N–H and O–H groups in total. The highest BCUT2D eigenvalue weighted by molar-refractivity contribution is 5.81. The summed E-state index contributed by atoms with van der Waals surface area (Å²) in [4.78, 5) is 30.2. The lowest BCUT2D eigenvalue weighted by Crippen LogP contribution is -2.36. The minimum absolute atomic E-state index is 0.00395. The van der Waals surface area contributed by atoms with Gasteiger partial charge in [0.15, 0.2) is 0 Å². The minimum atomic E-state index is -0.00395. The molecule has 0 bridgehead atoms. The molecule has 3 aromatic rings. The van der Waals surface area contributed by atoms with E-state index in [2.05, 4.69) is 10.6 Å². The van der Waals surface area contributed by atoms with Crippen LogP contribution in [0.3, 0.4) is 0 Å². The van der Waals surface area contributed by atoms with E-state index in [1.165, 1.54) is 0 Å². The Hall–Kier alpha value is -2.93. The third-order valence-corrected chi connectivity index (χ3v) is 5.81. The van der Waals surface area contributed by atoms with Crippen molar-refractivity contribution in [2.24, 2.45) is 18.7 Å². The van der Waals surface area contributed by atoms with Crippen LogP contribution in [-0.4, -0.2) is 38.5 Å². The first-order valence-corrected chi connectivity index (χ1v) is 10.1. The first kappa shape index (κ1) is 19.4. The highest BCUT2D eigenvalue weighted by atomic mass is 16.1. The second-order valence-corrected chi connectivity index (χ2v) is 8.01. The molecule has 1 amide bonds. The van der Waals surface area contributed by atoms with Crippen LogP contribution in [0, 0.1) is 12.8 Å². The molecule has 29 heavy (non-hydrogen) atoms. The van der Waals surface area contributed by atoms with Crippen molar-refractivity contribution in [3.63, 3.8) is 0 Å². The minimum Gasteiger partial charge on any atom is -0.345 e. The molecule has 0 radical (unpaired) electrons. The number of benzene rings is 1. The van der Waals surface area contributed by atoms with E-state index in [1.807, 2.05) is 36.2 Å². The summed E-state index contributed by atoms with van der Waals surface area (Å²) in [6, 6.07) is 8.01. The van der Waals surface area contributed by atoms with Crippen molar-refractivity contribution in [1.82, 2.24) is 19.0 Å². The van der Waals surface area contributed by atoms with Crippen molar-refractivity contribution in [3.8, 4) is 11.4 Å². The fourth-order valence-corrected chi connectivity index (χ4v) is 4.30. The van der Waals surface area contributed by atoms with Gasteiger partial charge in [-0.1, -0.05) is 6.07 Å². The van der Waals surface area contributed by atoms with E-state index in [0.717, 1.165) is 66.9 Å². The molecule has 1 aliphatic heterocycles. The number of nitrogens with zero attached hydrogens (tertiary/aromatic N) is 4. The number of hydrogen-bond acceptors (Lipinski definition) is 4. The number of carbonyl (C=O) groups is 1. The van der Waals surface area contributed by atoms with Gasteiger partial charge in [-0.15, -0.1) is 0 Å². The molecule has 0 unspecified atom stereocenters. The predicted octanol–water partition coefficient (Wildman–Crippen LogP) is 2.04. The van der Waals surface area contributed by atoms with Crippen molar-refractivity contribution in [1.29, 1.82) is 0 Å². The number of carbonyl (C=O) groups excluding carboxylic acids is 1. The fraction of sp³-hybridized carbons (Fsp3) is 0.409. The number of likely N-dealkylation sites (tertiary alicyclic amines) is 1. The number of aryl methyl sites for hydroxylation is 2. The van der Waals surface area contributed by atoms with Crippen molar-refractivity contribution in [2.75, 3.05) is 13.1 Å². The molecule has 0 spiro atoms. The van der Waals surface area contributed by atoms with Gasteiger partial charge < -0.3 is 19.8 Å². The monoisotopic (exact) mass is 393 g/mol. The van der Waals surface area contributed by atoms with Gasteiger partial charge in [0.05, 0.1) is 11.0 Å². The SMILES string of the molecule is Cc1cc(-c2nc3ccc(CN)cc3n2C[C@H]2CCCN(C=O)C2)cn(C)c1=O. The maximum absolute atomic E-state index is 12.2. The molecule has 0 aliphatic carbocycles. The van der Waals surface area contributed by atoms with Crippen molar-refractivity contribution in [3.05, 3.63) is 51.9 Å². The number of rotatable bonds is 5. The number of pyridine rings is 1. The zero-order valence-corrected chi connectivity index (χ0v) is 17.0. The number of imidazole rings is 1. The third kappa shape index (κ3) is 3.70. The number of piperidine rings is 1. The normalized spacial score (nSPS) is 17.1. The van der Waals surface area contributed by atoms with E-state index < -0.39 is 0 Å². The molecular weight excluding hydrogens is 366 g/mol. The molecule has 3 heterocycles. The topological polar surface area (TPSA) is 86.2 Å². The van der Waals surface area contributed by atoms with Gasteiger partial charge >= 0.3 is 0 Å². The second kappa shape index (κ2) is 7.83. The zero-order valence-electron chi connectivity index (χ0n) is 17.0. The number of hydrogen-bond donors (Lipinski definition) is 1. The van der Waals surface area contributed by atoms with Gasteiger partial charge in [-0.05, 0) is 49.4 Å². The highest BCUT2D eigenvalue weighted by Crippen LogP contribution is 2.28. The Labute approximate surface area is 169 Å². The molecule has 1 aliphatic rings. The molecule has 2 aromatic heterocycles. The Bertz CT molecular complexity index is 1090. The lowest BCUT2D eigenvalue weighted by atomic mass is 9.98. The summed E-state index contributed by atoms with van der Waals surface area (Å²) in [5, 5.41) is 0. The van der Waals surface area contributed by atoms with Crippen LogP contribution >= 0.6 is 0 Å². The van der Waals surface area contributed by atoms with E-state index in [0.29, 0.717) is 18.0 Å². The van der Waals surface area contributed by atoms with E-state index >= 15 is 0 Å². The number of fused-ring (bicyclic) bond motifs is 1. The van der Waals surface area contributed by atoms with Crippen molar-refractivity contribution in [2.45, 2.75) is 32.9 Å². The lowest BCUT2D eigenvalue weighted by molar-refractivity contribution is -0.119. The quantitative estimate of drug-likeness (QED) is 0.672. The summed E-state index contributed by atoms with van der Waals surface area (Å²) in [5.41, 5.74) is 10.5. The molecule has 1 fully saturated rings. The summed E-state index contributed by atoms with van der Waals surface area (Å²) >= 11 is 0. The Morgan fingerprint density at radius 1 is 1.31 bits per heavy atom. The Morgan fingerprint density at radius 3 is 2.86 bits per heavy atom. The average molecular weight is 393 g/mol. The largest absolute Gasteiger partial charge is 0.345 e. The maximum atomic E-state index is 12.2. The lowest BCUT2D eigenvalue weighted by Gasteiger charge is -2.30. The van der Waals surface area contributed by atoms with Gasteiger partial charge in [0.2, 0.25) is 6.41 Å². The molecule has 0 saturated carbocycles. The summed E-state index contributed by atoms with van der Waals surface area (Å²) in [6.07, 6.45) is 4.88. The molecule has 1 atom stereocenters. The summed E-state index contributed by atoms with van der Waals surface area (Å²) in [7, 11) is 1.77. The maximum Gasteiger partial charge on any atom is 0.253 e. The van der Waals surface area contributed by atoms with Gasteiger partial charge in [-0.25, -0.2) is 4.98 Å².